The maximum absolute atomic E-state index is 14.0. The quantitative estimate of drug-likeness (QED) is 0.794. The average molecular weight is 240 g/mol. The number of benzene rings is 1. The zero-order chi connectivity index (χ0) is 12.8. The first-order valence-corrected chi connectivity index (χ1v) is 5.93. The number of hydrogen-bond donors (Lipinski definition) is 1. The highest BCUT2D eigenvalue weighted by molar-refractivity contribution is 5.32. The topological polar surface area (TPSA) is 20.2 Å². The van der Waals surface area contributed by atoms with Crippen LogP contribution in [-0.2, 0) is 5.60 Å². The molecule has 0 amide bonds. The fourth-order valence-corrected chi connectivity index (χ4v) is 2.81. The van der Waals surface area contributed by atoms with Gasteiger partial charge in [-0.2, -0.15) is 0 Å². The van der Waals surface area contributed by atoms with E-state index in [1.54, 1.807) is 6.92 Å². The molecule has 3 heteroatoms. The molecule has 17 heavy (non-hydrogen) atoms. The van der Waals surface area contributed by atoms with Gasteiger partial charge in [0.05, 0.1) is 11.2 Å². The molecule has 1 aliphatic rings. The number of aliphatic hydroxyl groups is 1. The monoisotopic (exact) mass is 240 g/mol. The van der Waals surface area contributed by atoms with E-state index >= 15 is 0 Å². The molecule has 0 aliphatic heterocycles. The standard InChI is InChI=1S/C14H18F2O/c1-9-4-5-10(15)11(12(9)16)14(17)7-6-13(2,3)8-14/h4-5,17H,6-8H2,1-3H3. The zero-order valence-corrected chi connectivity index (χ0v) is 10.5. The first-order chi connectivity index (χ1) is 7.75. The van der Waals surface area contributed by atoms with Crippen molar-refractivity contribution in [2.24, 2.45) is 5.41 Å². The third-order valence-electron chi connectivity index (χ3n) is 3.74. The van der Waals surface area contributed by atoms with Gasteiger partial charge in [0.1, 0.15) is 11.6 Å². The number of hydrogen-bond acceptors (Lipinski definition) is 1. The molecule has 0 bridgehead atoms. The summed E-state index contributed by atoms with van der Waals surface area (Å²) in [5, 5.41) is 10.5. The summed E-state index contributed by atoms with van der Waals surface area (Å²) in [6.07, 6.45) is 1.59. The van der Waals surface area contributed by atoms with Crippen LogP contribution in [0.1, 0.15) is 44.2 Å². The molecule has 0 spiro atoms. The van der Waals surface area contributed by atoms with E-state index < -0.39 is 17.2 Å². The molecule has 1 nitrogen and oxygen atoms in total. The van der Waals surface area contributed by atoms with E-state index in [-0.39, 0.29) is 11.0 Å². The van der Waals surface area contributed by atoms with Crippen LogP contribution in [0.3, 0.4) is 0 Å². The molecular formula is C14H18F2O. The Bertz CT molecular complexity index is 454. The highest BCUT2D eigenvalue weighted by Gasteiger charge is 2.46. The maximum atomic E-state index is 14.0. The molecule has 0 saturated heterocycles. The van der Waals surface area contributed by atoms with E-state index in [2.05, 4.69) is 0 Å². The lowest BCUT2D eigenvalue weighted by molar-refractivity contribution is 0.0265. The van der Waals surface area contributed by atoms with E-state index in [0.29, 0.717) is 18.4 Å². The van der Waals surface area contributed by atoms with E-state index in [4.69, 9.17) is 0 Å². The lowest BCUT2D eigenvalue weighted by atomic mass is 9.85. The van der Waals surface area contributed by atoms with E-state index in [0.717, 1.165) is 6.42 Å². The molecule has 0 heterocycles. The van der Waals surface area contributed by atoms with Crippen molar-refractivity contribution in [3.63, 3.8) is 0 Å². The van der Waals surface area contributed by atoms with Crippen LogP contribution in [-0.4, -0.2) is 5.11 Å². The largest absolute Gasteiger partial charge is 0.385 e. The molecule has 1 saturated carbocycles. The molecule has 1 aromatic carbocycles. The smallest absolute Gasteiger partial charge is 0.135 e. The summed E-state index contributed by atoms with van der Waals surface area (Å²) in [7, 11) is 0. The van der Waals surface area contributed by atoms with Gasteiger partial charge in [0, 0.05) is 0 Å². The van der Waals surface area contributed by atoms with Gasteiger partial charge in [-0.05, 0) is 43.2 Å². The second-order valence-electron chi connectivity index (χ2n) is 5.93. The highest BCUT2D eigenvalue weighted by Crippen LogP contribution is 2.50. The van der Waals surface area contributed by atoms with Crippen LogP contribution in [0, 0.1) is 24.0 Å². The molecule has 1 N–H and O–H groups in total. The molecule has 0 radical (unpaired) electrons. The molecule has 1 atom stereocenters. The van der Waals surface area contributed by atoms with Crippen molar-refractivity contribution in [3.8, 4) is 0 Å². The Kier molecular flexibility index (Phi) is 2.77. The van der Waals surface area contributed by atoms with Crippen LogP contribution in [0.4, 0.5) is 8.78 Å². The first kappa shape index (κ1) is 12.5. The Morgan fingerprint density at radius 2 is 1.82 bits per heavy atom. The van der Waals surface area contributed by atoms with Gasteiger partial charge in [-0.25, -0.2) is 8.78 Å². The van der Waals surface area contributed by atoms with Gasteiger partial charge in [-0.1, -0.05) is 19.9 Å². The van der Waals surface area contributed by atoms with Crippen LogP contribution in [0.25, 0.3) is 0 Å². The summed E-state index contributed by atoms with van der Waals surface area (Å²) >= 11 is 0. The van der Waals surface area contributed by atoms with Crippen LogP contribution < -0.4 is 0 Å². The molecule has 1 aromatic rings. The van der Waals surface area contributed by atoms with Gasteiger partial charge in [0.2, 0.25) is 0 Å². The Balaban J connectivity index is 2.51. The number of aryl methyl sites for hydroxylation is 1. The highest BCUT2D eigenvalue weighted by atomic mass is 19.1. The Morgan fingerprint density at radius 1 is 1.18 bits per heavy atom. The van der Waals surface area contributed by atoms with Crippen molar-refractivity contribution in [3.05, 3.63) is 34.9 Å². The fourth-order valence-electron chi connectivity index (χ4n) is 2.81. The SMILES string of the molecule is Cc1ccc(F)c(C2(O)CCC(C)(C)C2)c1F. The van der Waals surface area contributed by atoms with Crippen molar-refractivity contribution in [2.45, 2.75) is 45.6 Å². The fraction of sp³-hybridized carbons (Fsp3) is 0.571. The Labute approximate surface area is 100 Å². The molecule has 0 aromatic heterocycles. The van der Waals surface area contributed by atoms with Crippen LogP contribution in [0.5, 0.6) is 0 Å². The maximum Gasteiger partial charge on any atom is 0.135 e. The van der Waals surface area contributed by atoms with Gasteiger partial charge >= 0.3 is 0 Å². The number of halogens is 2. The third-order valence-corrected chi connectivity index (χ3v) is 3.74. The summed E-state index contributed by atoms with van der Waals surface area (Å²) < 4.78 is 27.8. The summed E-state index contributed by atoms with van der Waals surface area (Å²) in [6.45, 7) is 5.61. The minimum atomic E-state index is -1.36. The summed E-state index contributed by atoms with van der Waals surface area (Å²) in [6, 6.07) is 2.63. The minimum absolute atomic E-state index is 0.0720. The van der Waals surface area contributed by atoms with Gasteiger partial charge in [-0.15, -0.1) is 0 Å². The first-order valence-electron chi connectivity index (χ1n) is 5.93. The van der Waals surface area contributed by atoms with Gasteiger partial charge in [0.15, 0.2) is 0 Å². The lowest BCUT2D eigenvalue weighted by Gasteiger charge is -2.27. The molecular weight excluding hydrogens is 222 g/mol. The van der Waals surface area contributed by atoms with Gasteiger partial charge < -0.3 is 5.11 Å². The second-order valence-corrected chi connectivity index (χ2v) is 5.93. The molecule has 1 fully saturated rings. The number of rotatable bonds is 1. The van der Waals surface area contributed by atoms with Gasteiger partial charge in [0.25, 0.3) is 0 Å². The molecule has 1 unspecified atom stereocenters. The second kappa shape index (κ2) is 3.77. The van der Waals surface area contributed by atoms with Crippen molar-refractivity contribution >= 4 is 0 Å². The van der Waals surface area contributed by atoms with Crippen LogP contribution in [0.15, 0.2) is 12.1 Å². The minimum Gasteiger partial charge on any atom is -0.385 e. The van der Waals surface area contributed by atoms with Crippen molar-refractivity contribution in [1.29, 1.82) is 0 Å². The lowest BCUT2D eigenvalue weighted by Crippen LogP contribution is -2.26. The molecule has 94 valence electrons. The average Bonchev–Trinajstić information content (AvgIpc) is 2.48. The zero-order valence-electron chi connectivity index (χ0n) is 10.5. The van der Waals surface area contributed by atoms with Gasteiger partial charge in [-0.3, -0.25) is 0 Å². The van der Waals surface area contributed by atoms with Crippen LogP contribution >= 0.6 is 0 Å². The van der Waals surface area contributed by atoms with Crippen molar-refractivity contribution < 1.29 is 13.9 Å². The van der Waals surface area contributed by atoms with Crippen molar-refractivity contribution in [1.82, 2.24) is 0 Å². The molecule has 1 aliphatic carbocycles. The predicted octanol–water partition coefficient (Wildman–Crippen LogP) is 3.67. The summed E-state index contributed by atoms with van der Waals surface area (Å²) in [4.78, 5) is 0. The summed E-state index contributed by atoms with van der Waals surface area (Å²) in [5.41, 5.74) is -1.20. The van der Waals surface area contributed by atoms with Crippen LogP contribution in [0.2, 0.25) is 0 Å². The predicted molar refractivity (Wildman–Crippen MR) is 62.6 cm³/mol. The van der Waals surface area contributed by atoms with Crippen molar-refractivity contribution in [2.75, 3.05) is 0 Å². The summed E-state index contributed by atoms with van der Waals surface area (Å²) in [5.74, 6) is -1.25. The van der Waals surface area contributed by atoms with E-state index in [1.807, 2.05) is 13.8 Å². The van der Waals surface area contributed by atoms with E-state index in [1.165, 1.54) is 12.1 Å². The normalized spacial score (nSPS) is 27.4. The van der Waals surface area contributed by atoms with E-state index in [9.17, 15) is 13.9 Å². The Hall–Kier alpha value is -0.960. The Morgan fingerprint density at radius 3 is 2.35 bits per heavy atom. The third kappa shape index (κ3) is 2.08. The molecule has 2 rings (SSSR count).